The standard InChI is InChI=1S/C12H17N3O3/c1-4-9(12(17)18)14-11(16)8-5-6-10(13-7-8)15(2)3/h5-7,9H,4H2,1-3H3,(H,14,16)(H,17,18)/t9-/m1/s1. The Morgan fingerprint density at radius 3 is 2.50 bits per heavy atom. The number of carbonyl (C=O) groups excluding carboxylic acids is 1. The van der Waals surface area contributed by atoms with Crippen LogP contribution in [0.15, 0.2) is 18.3 Å². The molecule has 0 saturated carbocycles. The van der Waals surface area contributed by atoms with E-state index in [1.165, 1.54) is 6.20 Å². The monoisotopic (exact) mass is 251 g/mol. The van der Waals surface area contributed by atoms with E-state index in [1.807, 2.05) is 19.0 Å². The Balaban J connectivity index is 2.75. The maximum Gasteiger partial charge on any atom is 0.326 e. The van der Waals surface area contributed by atoms with Gasteiger partial charge < -0.3 is 15.3 Å². The number of aromatic nitrogens is 1. The summed E-state index contributed by atoms with van der Waals surface area (Å²) in [6, 6.07) is 2.45. The first-order valence-corrected chi connectivity index (χ1v) is 5.62. The Hall–Kier alpha value is -2.11. The second kappa shape index (κ2) is 6.00. The molecule has 6 nitrogen and oxygen atoms in total. The molecule has 0 unspecified atom stereocenters. The lowest BCUT2D eigenvalue weighted by Gasteiger charge is -2.13. The molecule has 0 aromatic carbocycles. The van der Waals surface area contributed by atoms with E-state index in [9.17, 15) is 9.59 Å². The van der Waals surface area contributed by atoms with E-state index in [0.29, 0.717) is 12.0 Å². The molecule has 2 N–H and O–H groups in total. The van der Waals surface area contributed by atoms with E-state index in [2.05, 4.69) is 10.3 Å². The van der Waals surface area contributed by atoms with Gasteiger partial charge in [0.2, 0.25) is 0 Å². The third kappa shape index (κ3) is 3.44. The van der Waals surface area contributed by atoms with Crippen LogP contribution in [0.2, 0.25) is 0 Å². The smallest absolute Gasteiger partial charge is 0.326 e. The zero-order chi connectivity index (χ0) is 13.7. The molecule has 1 atom stereocenters. The minimum Gasteiger partial charge on any atom is -0.480 e. The third-order valence-corrected chi connectivity index (χ3v) is 2.48. The molecule has 0 spiro atoms. The lowest BCUT2D eigenvalue weighted by atomic mass is 10.2. The number of pyridine rings is 1. The number of amides is 1. The molecule has 0 bridgehead atoms. The normalized spacial score (nSPS) is 11.7. The van der Waals surface area contributed by atoms with Crippen molar-refractivity contribution < 1.29 is 14.7 Å². The van der Waals surface area contributed by atoms with Gasteiger partial charge >= 0.3 is 5.97 Å². The van der Waals surface area contributed by atoms with Gasteiger partial charge in [-0.2, -0.15) is 0 Å². The predicted molar refractivity (Wildman–Crippen MR) is 67.7 cm³/mol. The Morgan fingerprint density at radius 1 is 1.44 bits per heavy atom. The summed E-state index contributed by atoms with van der Waals surface area (Å²) in [6.45, 7) is 1.70. The molecular formula is C12H17N3O3. The molecule has 1 aromatic heterocycles. The second-order valence-corrected chi connectivity index (χ2v) is 4.07. The number of hydrogen-bond donors (Lipinski definition) is 2. The molecule has 0 saturated heterocycles. The van der Waals surface area contributed by atoms with E-state index < -0.39 is 17.9 Å². The van der Waals surface area contributed by atoms with Gasteiger partial charge in [0.1, 0.15) is 11.9 Å². The van der Waals surface area contributed by atoms with E-state index in [0.717, 1.165) is 5.82 Å². The summed E-state index contributed by atoms with van der Waals surface area (Å²) in [5.74, 6) is -0.734. The molecule has 1 aromatic rings. The maximum atomic E-state index is 11.8. The second-order valence-electron chi connectivity index (χ2n) is 4.07. The number of aliphatic carboxylic acids is 1. The van der Waals surface area contributed by atoms with Crippen LogP contribution in [0, 0.1) is 0 Å². The molecule has 0 aliphatic rings. The lowest BCUT2D eigenvalue weighted by Crippen LogP contribution is -2.40. The van der Waals surface area contributed by atoms with Crippen LogP contribution < -0.4 is 10.2 Å². The topological polar surface area (TPSA) is 82.5 Å². The molecule has 1 rings (SSSR count). The van der Waals surface area contributed by atoms with Crippen LogP contribution >= 0.6 is 0 Å². The zero-order valence-electron chi connectivity index (χ0n) is 10.7. The van der Waals surface area contributed by atoms with Gasteiger partial charge in [-0.3, -0.25) is 4.79 Å². The van der Waals surface area contributed by atoms with Crippen molar-refractivity contribution in [2.24, 2.45) is 0 Å². The molecule has 1 amide bonds. The fourth-order valence-electron chi connectivity index (χ4n) is 1.36. The molecule has 1 heterocycles. The van der Waals surface area contributed by atoms with Crippen molar-refractivity contribution in [2.45, 2.75) is 19.4 Å². The number of carbonyl (C=O) groups is 2. The Labute approximate surface area is 106 Å². The number of carboxylic acids is 1. The summed E-state index contributed by atoms with van der Waals surface area (Å²) in [4.78, 5) is 28.5. The largest absolute Gasteiger partial charge is 0.480 e. The Morgan fingerprint density at radius 2 is 2.11 bits per heavy atom. The van der Waals surface area contributed by atoms with Gasteiger partial charge in [0, 0.05) is 20.3 Å². The number of nitrogens with one attached hydrogen (secondary N) is 1. The van der Waals surface area contributed by atoms with Crippen molar-refractivity contribution in [3.8, 4) is 0 Å². The summed E-state index contributed by atoms with van der Waals surface area (Å²) < 4.78 is 0. The summed E-state index contributed by atoms with van der Waals surface area (Å²) in [5.41, 5.74) is 0.348. The first kappa shape index (κ1) is 14.0. The quantitative estimate of drug-likeness (QED) is 0.806. The minimum atomic E-state index is -1.04. The summed E-state index contributed by atoms with van der Waals surface area (Å²) in [7, 11) is 3.69. The Bertz CT molecular complexity index is 429. The predicted octanol–water partition coefficient (Wildman–Crippen LogP) is 0.741. The van der Waals surface area contributed by atoms with Crippen molar-refractivity contribution in [1.29, 1.82) is 0 Å². The maximum absolute atomic E-state index is 11.8. The molecular weight excluding hydrogens is 234 g/mol. The number of carboxylic acid groups (broad SMARTS) is 1. The van der Waals surface area contributed by atoms with Crippen LogP contribution in [0.4, 0.5) is 5.82 Å². The first-order valence-electron chi connectivity index (χ1n) is 5.62. The van der Waals surface area contributed by atoms with Crippen LogP contribution in [0.25, 0.3) is 0 Å². The van der Waals surface area contributed by atoms with Crippen molar-refractivity contribution in [2.75, 3.05) is 19.0 Å². The lowest BCUT2D eigenvalue weighted by molar-refractivity contribution is -0.139. The number of anilines is 1. The molecule has 98 valence electrons. The highest BCUT2D eigenvalue weighted by atomic mass is 16.4. The van der Waals surface area contributed by atoms with Crippen molar-refractivity contribution in [1.82, 2.24) is 10.3 Å². The van der Waals surface area contributed by atoms with Gasteiger partial charge in [-0.05, 0) is 18.6 Å². The molecule has 0 fully saturated rings. The average Bonchev–Trinajstić information content (AvgIpc) is 2.35. The molecule has 0 aliphatic carbocycles. The van der Waals surface area contributed by atoms with Crippen molar-refractivity contribution >= 4 is 17.7 Å². The Kier molecular flexibility index (Phi) is 4.65. The number of rotatable bonds is 5. The SMILES string of the molecule is CC[C@@H](NC(=O)c1ccc(N(C)C)nc1)C(=O)O. The van der Waals surface area contributed by atoms with Gasteiger partial charge in [0.25, 0.3) is 5.91 Å². The van der Waals surface area contributed by atoms with Gasteiger partial charge in [0.05, 0.1) is 5.56 Å². The number of hydrogen-bond acceptors (Lipinski definition) is 4. The van der Waals surface area contributed by atoms with E-state index in [-0.39, 0.29) is 0 Å². The fraction of sp³-hybridized carbons (Fsp3) is 0.417. The highest BCUT2D eigenvalue weighted by Gasteiger charge is 2.18. The molecule has 0 radical (unpaired) electrons. The third-order valence-electron chi connectivity index (χ3n) is 2.48. The van der Waals surface area contributed by atoms with E-state index in [4.69, 9.17) is 5.11 Å². The summed E-state index contributed by atoms with van der Waals surface area (Å²) in [6.07, 6.45) is 1.77. The molecule has 0 aliphatic heterocycles. The van der Waals surface area contributed by atoms with Crippen LogP contribution in [-0.2, 0) is 4.79 Å². The van der Waals surface area contributed by atoms with Gasteiger partial charge in [-0.1, -0.05) is 6.92 Å². The van der Waals surface area contributed by atoms with Gasteiger partial charge in [-0.25, -0.2) is 9.78 Å². The molecule has 6 heteroatoms. The van der Waals surface area contributed by atoms with E-state index in [1.54, 1.807) is 19.1 Å². The highest BCUT2D eigenvalue weighted by Crippen LogP contribution is 2.08. The van der Waals surface area contributed by atoms with Crippen molar-refractivity contribution in [3.05, 3.63) is 23.9 Å². The zero-order valence-corrected chi connectivity index (χ0v) is 10.7. The van der Waals surface area contributed by atoms with Crippen LogP contribution in [0.1, 0.15) is 23.7 Å². The van der Waals surface area contributed by atoms with Gasteiger partial charge in [-0.15, -0.1) is 0 Å². The summed E-state index contributed by atoms with van der Waals surface area (Å²) >= 11 is 0. The van der Waals surface area contributed by atoms with Crippen LogP contribution in [0.5, 0.6) is 0 Å². The minimum absolute atomic E-state index is 0.338. The van der Waals surface area contributed by atoms with Gasteiger partial charge in [0.15, 0.2) is 0 Å². The highest BCUT2D eigenvalue weighted by molar-refractivity contribution is 5.96. The molecule has 18 heavy (non-hydrogen) atoms. The summed E-state index contributed by atoms with van der Waals surface area (Å²) in [5, 5.41) is 11.3. The average molecular weight is 251 g/mol. The fourth-order valence-corrected chi connectivity index (χ4v) is 1.36. The van der Waals surface area contributed by atoms with E-state index >= 15 is 0 Å². The van der Waals surface area contributed by atoms with Crippen LogP contribution in [-0.4, -0.2) is 42.1 Å². The van der Waals surface area contributed by atoms with Crippen LogP contribution in [0.3, 0.4) is 0 Å². The van der Waals surface area contributed by atoms with Crippen molar-refractivity contribution in [3.63, 3.8) is 0 Å². The first-order chi connectivity index (χ1) is 8.45. The number of nitrogens with zero attached hydrogens (tertiary/aromatic N) is 2.